The van der Waals surface area contributed by atoms with Crippen molar-refractivity contribution in [2.75, 3.05) is 19.3 Å². The van der Waals surface area contributed by atoms with E-state index in [9.17, 15) is 0 Å². The molecule has 0 N–H and O–H groups in total. The molecule has 0 radical (unpaired) electrons. The molecule has 1 aromatic carbocycles. The predicted molar refractivity (Wildman–Crippen MR) is 98.6 cm³/mol. The number of nitrogens with zero attached hydrogens (tertiary/aromatic N) is 5. The first-order chi connectivity index (χ1) is 11.7. The fraction of sp³-hybridized carbons (Fsp3) is 0.500. The molecular weight excluding hydrogens is 318 g/mol. The molecule has 0 spiro atoms. The average molecular weight is 341 g/mol. The standard InChI is InChI=1S/C18H23N5S/c1-13-19-17-15-8-3-4-9-16(15)20-18(23(17)21-13)24-12-10-14-7-5-6-11-22(14)2/h3-4,8-9,14H,5-7,10-12H2,1-2H3. The Morgan fingerprint density at radius 1 is 1.21 bits per heavy atom. The molecule has 0 saturated carbocycles. The molecule has 1 aliphatic rings. The van der Waals surface area contributed by atoms with Gasteiger partial charge in [-0.3, -0.25) is 0 Å². The number of para-hydroxylation sites is 1. The van der Waals surface area contributed by atoms with Crippen LogP contribution < -0.4 is 0 Å². The highest BCUT2D eigenvalue weighted by Gasteiger charge is 2.19. The molecule has 3 aromatic rings. The van der Waals surface area contributed by atoms with Gasteiger partial charge in [-0.15, -0.1) is 5.10 Å². The largest absolute Gasteiger partial charge is 0.303 e. The second kappa shape index (κ2) is 6.69. The summed E-state index contributed by atoms with van der Waals surface area (Å²) in [5, 5.41) is 6.57. The summed E-state index contributed by atoms with van der Waals surface area (Å²) in [7, 11) is 2.25. The molecule has 1 unspecified atom stereocenters. The Labute approximate surface area is 146 Å². The van der Waals surface area contributed by atoms with E-state index in [4.69, 9.17) is 4.98 Å². The van der Waals surface area contributed by atoms with Gasteiger partial charge in [-0.05, 0) is 51.9 Å². The maximum Gasteiger partial charge on any atom is 0.191 e. The normalized spacial score (nSPS) is 19.3. The minimum atomic E-state index is 0.708. The predicted octanol–water partition coefficient (Wildman–Crippen LogP) is 3.55. The average Bonchev–Trinajstić information content (AvgIpc) is 2.98. The number of likely N-dealkylation sites (tertiary alicyclic amines) is 1. The van der Waals surface area contributed by atoms with Crippen molar-refractivity contribution in [1.82, 2.24) is 24.5 Å². The fourth-order valence-electron chi connectivity index (χ4n) is 3.52. The molecule has 0 bridgehead atoms. The van der Waals surface area contributed by atoms with E-state index >= 15 is 0 Å². The highest BCUT2D eigenvalue weighted by Crippen LogP contribution is 2.26. The molecule has 5 nitrogen and oxygen atoms in total. The lowest BCUT2D eigenvalue weighted by Crippen LogP contribution is -2.36. The summed E-state index contributed by atoms with van der Waals surface area (Å²) in [6.45, 7) is 3.17. The molecule has 1 saturated heterocycles. The van der Waals surface area contributed by atoms with Gasteiger partial charge in [0.05, 0.1) is 5.52 Å². The van der Waals surface area contributed by atoms with Crippen LogP contribution in [0.1, 0.15) is 31.5 Å². The van der Waals surface area contributed by atoms with E-state index in [1.807, 2.05) is 23.6 Å². The number of fused-ring (bicyclic) bond motifs is 3. The summed E-state index contributed by atoms with van der Waals surface area (Å²) in [6, 6.07) is 8.88. The summed E-state index contributed by atoms with van der Waals surface area (Å²) in [4.78, 5) is 11.9. The van der Waals surface area contributed by atoms with Crippen molar-refractivity contribution >= 4 is 28.3 Å². The first kappa shape index (κ1) is 15.8. The van der Waals surface area contributed by atoms with Crippen LogP contribution in [0.3, 0.4) is 0 Å². The van der Waals surface area contributed by atoms with Crippen LogP contribution in [-0.4, -0.2) is 49.9 Å². The molecule has 6 heteroatoms. The SMILES string of the molecule is Cc1nc2c3ccccc3nc(SCCC3CCCCN3C)n2n1. The van der Waals surface area contributed by atoms with E-state index in [0.717, 1.165) is 33.3 Å². The molecule has 0 aliphatic carbocycles. The maximum absolute atomic E-state index is 4.83. The van der Waals surface area contributed by atoms with Crippen molar-refractivity contribution in [3.05, 3.63) is 30.1 Å². The van der Waals surface area contributed by atoms with E-state index in [1.165, 1.54) is 32.2 Å². The number of aryl methyl sites for hydroxylation is 1. The number of thioether (sulfide) groups is 1. The van der Waals surface area contributed by atoms with E-state index in [1.54, 1.807) is 11.8 Å². The van der Waals surface area contributed by atoms with Crippen LogP contribution in [0.25, 0.3) is 16.6 Å². The smallest absolute Gasteiger partial charge is 0.191 e. The van der Waals surface area contributed by atoms with Crippen molar-refractivity contribution in [3.63, 3.8) is 0 Å². The number of aromatic nitrogens is 4. The molecule has 2 aromatic heterocycles. The molecule has 1 atom stereocenters. The number of hydrogen-bond donors (Lipinski definition) is 0. The molecule has 126 valence electrons. The van der Waals surface area contributed by atoms with Crippen molar-refractivity contribution < 1.29 is 0 Å². The van der Waals surface area contributed by atoms with Gasteiger partial charge in [0.1, 0.15) is 5.82 Å². The van der Waals surface area contributed by atoms with Crippen LogP contribution in [0.2, 0.25) is 0 Å². The Balaban J connectivity index is 1.58. The quantitative estimate of drug-likeness (QED) is 0.536. The van der Waals surface area contributed by atoms with Gasteiger partial charge in [-0.1, -0.05) is 30.3 Å². The molecule has 1 aliphatic heterocycles. The zero-order chi connectivity index (χ0) is 16.5. The zero-order valence-electron chi connectivity index (χ0n) is 14.3. The van der Waals surface area contributed by atoms with Crippen molar-refractivity contribution in [3.8, 4) is 0 Å². The van der Waals surface area contributed by atoms with Crippen molar-refractivity contribution in [1.29, 1.82) is 0 Å². The molecule has 1 fully saturated rings. The summed E-state index contributed by atoms with van der Waals surface area (Å²) >= 11 is 1.80. The zero-order valence-corrected chi connectivity index (χ0v) is 15.1. The number of benzene rings is 1. The Morgan fingerprint density at radius 3 is 2.96 bits per heavy atom. The van der Waals surface area contributed by atoms with Crippen molar-refractivity contribution in [2.24, 2.45) is 0 Å². The van der Waals surface area contributed by atoms with Gasteiger partial charge in [-0.2, -0.15) is 4.52 Å². The van der Waals surface area contributed by atoms with E-state index in [-0.39, 0.29) is 0 Å². The maximum atomic E-state index is 4.83. The second-order valence-electron chi connectivity index (χ2n) is 6.57. The van der Waals surface area contributed by atoms with Crippen LogP contribution in [-0.2, 0) is 0 Å². The Kier molecular flexibility index (Phi) is 4.41. The number of piperidine rings is 1. The van der Waals surface area contributed by atoms with Crippen LogP contribution in [0.15, 0.2) is 29.4 Å². The lowest BCUT2D eigenvalue weighted by atomic mass is 10.0. The third-order valence-electron chi connectivity index (χ3n) is 4.86. The minimum Gasteiger partial charge on any atom is -0.303 e. The molecule has 0 amide bonds. The van der Waals surface area contributed by atoms with Gasteiger partial charge in [0.25, 0.3) is 0 Å². The summed E-state index contributed by atoms with van der Waals surface area (Å²) in [5.41, 5.74) is 1.91. The van der Waals surface area contributed by atoms with E-state index < -0.39 is 0 Å². The van der Waals surface area contributed by atoms with Crippen LogP contribution in [0.5, 0.6) is 0 Å². The Hall–Kier alpha value is -1.66. The highest BCUT2D eigenvalue weighted by atomic mass is 32.2. The van der Waals surface area contributed by atoms with Gasteiger partial charge >= 0.3 is 0 Å². The second-order valence-corrected chi connectivity index (χ2v) is 7.64. The topological polar surface area (TPSA) is 46.3 Å². The van der Waals surface area contributed by atoms with Gasteiger partial charge < -0.3 is 4.90 Å². The number of rotatable bonds is 4. The molecule has 24 heavy (non-hydrogen) atoms. The van der Waals surface area contributed by atoms with Gasteiger partial charge in [-0.25, -0.2) is 9.97 Å². The summed E-state index contributed by atoms with van der Waals surface area (Å²) in [5.74, 6) is 1.86. The molecular formula is C18H23N5S. The summed E-state index contributed by atoms with van der Waals surface area (Å²) < 4.78 is 1.91. The van der Waals surface area contributed by atoms with Crippen LogP contribution >= 0.6 is 11.8 Å². The van der Waals surface area contributed by atoms with Crippen LogP contribution in [0.4, 0.5) is 0 Å². The lowest BCUT2D eigenvalue weighted by Gasteiger charge is -2.32. The van der Waals surface area contributed by atoms with Gasteiger partial charge in [0, 0.05) is 17.2 Å². The van der Waals surface area contributed by atoms with E-state index in [2.05, 4.69) is 34.2 Å². The van der Waals surface area contributed by atoms with Crippen molar-refractivity contribution in [2.45, 2.75) is 43.8 Å². The molecule has 3 heterocycles. The summed E-state index contributed by atoms with van der Waals surface area (Å²) in [6.07, 6.45) is 5.22. The first-order valence-electron chi connectivity index (χ1n) is 8.67. The third-order valence-corrected chi connectivity index (χ3v) is 5.82. The number of hydrogen-bond acceptors (Lipinski definition) is 5. The lowest BCUT2D eigenvalue weighted by molar-refractivity contribution is 0.182. The third kappa shape index (κ3) is 3.00. The minimum absolute atomic E-state index is 0.708. The molecule has 4 rings (SSSR count). The van der Waals surface area contributed by atoms with Gasteiger partial charge in [0.15, 0.2) is 10.8 Å². The Morgan fingerprint density at radius 2 is 2.08 bits per heavy atom. The van der Waals surface area contributed by atoms with Crippen LogP contribution in [0, 0.1) is 6.92 Å². The fourth-order valence-corrected chi connectivity index (χ4v) is 4.51. The monoisotopic (exact) mass is 341 g/mol. The van der Waals surface area contributed by atoms with Gasteiger partial charge in [0.2, 0.25) is 0 Å². The first-order valence-corrected chi connectivity index (χ1v) is 9.66. The van der Waals surface area contributed by atoms with E-state index in [0.29, 0.717) is 6.04 Å². The Bertz CT molecular complexity index is 859. The highest BCUT2D eigenvalue weighted by molar-refractivity contribution is 7.99.